The number of quaternary nitrogens is 2. The summed E-state index contributed by atoms with van der Waals surface area (Å²) in [7, 11) is -2.68. The second kappa shape index (κ2) is 3.51. The molecule has 0 amide bonds. The fourth-order valence-corrected chi connectivity index (χ4v) is 3.15. The van der Waals surface area contributed by atoms with E-state index >= 15 is 0 Å². The zero-order chi connectivity index (χ0) is 8.32. The van der Waals surface area contributed by atoms with E-state index in [0.29, 0.717) is 17.5 Å². The lowest BCUT2D eigenvalue weighted by molar-refractivity contribution is -0.697. The quantitative estimate of drug-likeness (QED) is 0.485. The Morgan fingerprint density at radius 2 is 2.27 bits per heavy atom. The summed E-state index contributed by atoms with van der Waals surface area (Å²) in [4.78, 5) is 0. The Morgan fingerprint density at radius 1 is 1.55 bits per heavy atom. The summed E-state index contributed by atoms with van der Waals surface area (Å²) in [5, 5.41) is 2.09. The van der Waals surface area contributed by atoms with Crippen molar-refractivity contribution in [1.82, 2.24) is 0 Å². The highest BCUT2D eigenvalue weighted by Crippen LogP contribution is 2.07. The average molecular weight is 180 g/mol. The molecule has 66 valence electrons. The largest absolute Gasteiger partial charge is 0.353 e. The number of hydrogen-bond donors (Lipinski definition) is 2. The highest BCUT2D eigenvalue weighted by molar-refractivity contribution is 7.91. The number of hydrogen-bond acceptors (Lipinski definition) is 2. The highest BCUT2D eigenvalue weighted by Gasteiger charge is 2.29. The third-order valence-corrected chi connectivity index (χ3v) is 3.77. The molecule has 0 radical (unpaired) electrons. The van der Waals surface area contributed by atoms with E-state index in [2.05, 4.69) is 11.1 Å². The van der Waals surface area contributed by atoms with Crippen molar-refractivity contribution >= 4 is 9.84 Å². The fourth-order valence-electron chi connectivity index (χ4n) is 1.36. The number of sulfone groups is 1. The predicted molar refractivity (Wildman–Crippen MR) is 41.6 cm³/mol. The van der Waals surface area contributed by atoms with Crippen LogP contribution in [-0.4, -0.2) is 39.1 Å². The zero-order valence-corrected chi connectivity index (χ0v) is 7.44. The molecule has 1 fully saturated rings. The summed E-state index contributed by atoms with van der Waals surface area (Å²) >= 11 is 0. The van der Waals surface area contributed by atoms with Gasteiger partial charge in [0.15, 0.2) is 9.84 Å². The molecule has 0 saturated carbocycles. The van der Waals surface area contributed by atoms with E-state index in [9.17, 15) is 8.42 Å². The molecule has 1 heterocycles. The first-order valence-corrected chi connectivity index (χ1v) is 5.79. The molecule has 0 aliphatic carbocycles. The molecule has 1 saturated heterocycles. The van der Waals surface area contributed by atoms with Crippen LogP contribution in [-0.2, 0) is 9.84 Å². The van der Waals surface area contributed by atoms with Gasteiger partial charge in [-0.1, -0.05) is 0 Å². The second-order valence-corrected chi connectivity index (χ2v) is 5.27. The number of nitrogens with two attached hydrogens (primary N) is 1. The van der Waals surface area contributed by atoms with Crippen LogP contribution < -0.4 is 11.1 Å². The van der Waals surface area contributed by atoms with Crippen molar-refractivity contribution in [3.8, 4) is 0 Å². The Balaban J connectivity index is 2.31. The second-order valence-electron chi connectivity index (χ2n) is 3.04. The van der Waals surface area contributed by atoms with E-state index in [-0.39, 0.29) is 0 Å². The van der Waals surface area contributed by atoms with E-state index < -0.39 is 9.84 Å². The van der Waals surface area contributed by atoms with Crippen molar-refractivity contribution in [2.75, 3.05) is 24.6 Å². The molecule has 4 nitrogen and oxygen atoms in total. The van der Waals surface area contributed by atoms with Crippen LogP contribution in [0.3, 0.4) is 0 Å². The maximum absolute atomic E-state index is 11.0. The molecule has 1 atom stereocenters. The van der Waals surface area contributed by atoms with Gasteiger partial charge in [-0.15, -0.1) is 0 Å². The van der Waals surface area contributed by atoms with Crippen LogP contribution in [0.4, 0.5) is 0 Å². The first-order valence-electron chi connectivity index (χ1n) is 3.97. The summed E-state index contributed by atoms with van der Waals surface area (Å²) in [5.41, 5.74) is 3.70. The van der Waals surface area contributed by atoms with Crippen LogP contribution >= 0.6 is 0 Å². The van der Waals surface area contributed by atoms with Crippen molar-refractivity contribution in [2.24, 2.45) is 0 Å². The van der Waals surface area contributed by atoms with Crippen molar-refractivity contribution in [2.45, 2.75) is 12.5 Å². The molecular weight excluding hydrogens is 164 g/mol. The molecule has 5 heteroatoms. The molecule has 0 spiro atoms. The van der Waals surface area contributed by atoms with E-state index in [4.69, 9.17) is 0 Å². The van der Waals surface area contributed by atoms with Crippen LogP contribution in [0, 0.1) is 0 Å². The maximum Gasteiger partial charge on any atom is 0.156 e. The molecular formula is C6H16N2O2S+2. The van der Waals surface area contributed by atoms with Gasteiger partial charge in [0.2, 0.25) is 0 Å². The minimum Gasteiger partial charge on any atom is -0.353 e. The van der Waals surface area contributed by atoms with Gasteiger partial charge in [-0.05, 0) is 0 Å². The van der Waals surface area contributed by atoms with Crippen LogP contribution in [0.25, 0.3) is 0 Å². The molecule has 0 bridgehead atoms. The molecule has 0 aromatic rings. The van der Waals surface area contributed by atoms with Crippen molar-refractivity contribution in [3.05, 3.63) is 0 Å². The molecule has 1 aliphatic heterocycles. The third-order valence-electron chi connectivity index (χ3n) is 1.97. The average Bonchev–Trinajstić information content (AvgIpc) is 2.26. The Hall–Kier alpha value is -0.130. The van der Waals surface area contributed by atoms with Gasteiger partial charge in [0, 0.05) is 6.42 Å². The summed E-state index contributed by atoms with van der Waals surface area (Å²) in [6.45, 7) is 1.82. The summed E-state index contributed by atoms with van der Waals surface area (Å²) in [6, 6.07) is 0.307. The van der Waals surface area contributed by atoms with Gasteiger partial charge in [0.1, 0.15) is 24.9 Å². The lowest BCUT2D eigenvalue weighted by Gasteiger charge is -2.03. The Kier molecular flexibility index (Phi) is 2.86. The molecule has 1 aliphatic rings. The van der Waals surface area contributed by atoms with Gasteiger partial charge in [-0.3, -0.25) is 0 Å². The Bertz CT molecular complexity index is 213. The monoisotopic (exact) mass is 180 g/mol. The van der Waals surface area contributed by atoms with E-state index in [0.717, 1.165) is 19.5 Å². The molecule has 0 aromatic heterocycles. The van der Waals surface area contributed by atoms with Crippen LogP contribution in [0.2, 0.25) is 0 Å². The normalized spacial score (nSPS) is 29.0. The van der Waals surface area contributed by atoms with E-state index in [1.54, 1.807) is 0 Å². The lowest BCUT2D eigenvalue weighted by atomic mass is 10.3. The van der Waals surface area contributed by atoms with Gasteiger partial charge in [0.05, 0.1) is 5.75 Å². The SMILES string of the molecule is [NH3+]CC[NH2+][C@H]1CCS(=O)(=O)C1. The summed E-state index contributed by atoms with van der Waals surface area (Å²) in [5.74, 6) is 0.748. The van der Waals surface area contributed by atoms with E-state index in [1.807, 2.05) is 0 Å². The van der Waals surface area contributed by atoms with Gasteiger partial charge in [0.25, 0.3) is 0 Å². The highest BCUT2D eigenvalue weighted by atomic mass is 32.2. The zero-order valence-electron chi connectivity index (χ0n) is 6.62. The minimum atomic E-state index is -2.68. The van der Waals surface area contributed by atoms with Crippen molar-refractivity contribution in [3.63, 3.8) is 0 Å². The smallest absolute Gasteiger partial charge is 0.156 e. The Morgan fingerprint density at radius 3 is 2.73 bits per heavy atom. The van der Waals surface area contributed by atoms with Gasteiger partial charge in [-0.2, -0.15) is 0 Å². The lowest BCUT2D eigenvalue weighted by Crippen LogP contribution is -2.93. The van der Waals surface area contributed by atoms with Crippen LogP contribution in [0.1, 0.15) is 6.42 Å². The third kappa shape index (κ3) is 2.76. The maximum atomic E-state index is 11.0. The van der Waals surface area contributed by atoms with E-state index in [1.165, 1.54) is 0 Å². The van der Waals surface area contributed by atoms with Gasteiger partial charge >= 0.3 is 0 Å². The first kappa shape index (κ1) is 8.96. The topological polar surface area (TPSA) is 78.4 Å². The molecule has 1 rings (SSSR count). The van der Waals surface area contributed by atoms with Gasteiger partial charge < -0.3 is 11.1 Å². The van der Waals surface area contributed by atoms with Crippen LogP contribution in [0.5, 0.6) is 0 Å². The van der Waals surface area contributed by atoms with Crippen LogP contribution in [0.15, 0.2) is 0 Å². The molecule has 5 N–H and O–H groups in total. The molecule has 0 aromatic carbocycles. The molecule has 0 unspecified atom stereocenters. The fraction of sp³-hybridized carbons (Fsp3) is 1.00. The first-order chi connectivity index (χ1) is 5.14. The van der Waals surface area contributed by atoms with Crippen molar-refractivity contribution in [1.29, 1.82) is 0 Å². The minimum absolute atomic E-state index is 0.307. The van der Waals surface area contributed by atoms with Gasteiger partial charge in [-0.25, -0.2) is 8.42 Å². The van der Waals surface area contributed by atoms with Crippen molar-refractivity contribution < 1.29 is 19.5 Å². The standard InChI is InChI=1S/C6H14N2O2S/c7-2-3-8-6-1-4-11(9,10)5-6/h6,8H,1-5,7H2/p+2/t6-/m0/s1. The Labute approximate surface area is 67.1 Å². The summed E-state index contributed by atoms with van der Waals surface area (Å²) in [6.07, 6.45) is 0.822. The number of rotatable bonds is 3. The molecule has 11 heavy (non-hydrogen) atoms. The predicted octanol–water partition coefficient (Wildman–Crippen LogP) is -3.02. The summed E-state index contributed by atoms with van der Waals surface area (Å²) < 4.78 is 21.9.